The molecule has 1 aliphatic heterocycles. The van der Waals surface area contributed by atoms with E-state index in [0.29, 0.717) is 17.5 Å². The molecular weight excluding hydrogens is 781 g/mol. The van der Waals surface area contributed by atoms with Gasteiger partial charge in [0.05, 0.1) is 16.6 Å². The van der Waals surface area contributed by atoms with Crippen LogP contribution in [0.15, 0.2) is 218 Å². The third-order valence-corrected chi connectivity index (χ3v) is 13.0. The molecule has 0 fully saturated rings. The molecule has 9 aromatic carbocycles. The van der Waals surface area contributed by atoms with Gasteiger partial charge < -0.3 is 4.74 Å². The number of nitrogens with zero attached hydrogens (tertiary/aromatic N) is 4. The standard InChI is InChI=1S/C59H36N4O/c1-4-16-38(17-5-1)55-44-33-35-49-54(53(44)43-22-10-13-25-50(43)60-55)45-36-42(32-34-46(45)59(49)47-23-11-14-26-51(47)64-52-27-15-12-24-48(52)59)37-28-30-41(31-29-37)58-62-56(39-18-6-2-7-19-39)61-57(63-58)40-20-8-3-9-21-40/h1-36H. The number of benzene rings is 9. The second kappa shape index (κ2) is 14.3. The van der Waals surface area contributed by atoms with Crippen molar-refractivity contribution in [2.75, 3.05) is 0 Å². The van der Waals surface area contributed by atoms with Gasteiger partial charge in [0.1, 0.15) is 11.5 Å². The van der Waals surface area contributed by atoms with Crippen LogP contribution in [0.1, 0.15) is 22.3 Å². The monoisotopic (exact) mass is 816 g/mol. The molecule has 11 aromatic rings. The lowest BCUT2D eigenvalue weighted by Gasteiger charge is -2.39. The normalized spacial score (nSPS) is 12.9. The Labute approximate surface area is 370 Å². The molecule has 0 bridgehead atoms. The number of aromatic nitrogens is 4. The molecule has 64 heavy (non-hydrogen) atoms. The van der Waals surface area contributed by atoms with E-state index in [4.69, 9.17) is 24.7 Å². The van der Waals surface area contributed by atoms with E-state index in [1.54, 1.807) is 0 Å². The summed E-state index contributed by atoms with van der Waals surface area (Å²) < 4.78 is 6.71. The van der Waals surface area contributed by atoms with Crippen LogP contribution in [0.25, 0.3) is 89.4 Å². The molecule has 5 heteroatoms. The van der Waals surface area contributed by atoms with Gasteiger partial charge in [-0.25, -0.2) is 19.9 Å². The quantitative estimate of drug-likeness (QED) is 0.162. The second-order valence-corrected chi connectivity index (χ2v) is 16.5. The summed E-state index contributed by atoms with van der Waals surface area (Å²) >= 11 is 0. The first kappa shape index (κ1) is 36.1. The lowest BCUT2D eigenvalue weighted by Crippen LogP contribution is -2.32. The number of para-hydroxylation sites is 3. The van der Waals surface area contributed by atoms with Gasteiger partial charge in [0.15, 0.2) is 17.5 Å². The van der Waals surface area contributed by atoms with E-state index in [9.17, 15) is 0 Å². The van der Waals surface area contributed by atoms with Crippen molar-refractivity contribution in [3.05, 3.63) is 241 Å². The van der Waals surface area contributed by atoms with E-state index in [-0.39, 0.29) is 0 Å². The summed E-state index contributed by atoms with van der Waals surface area (Å²) in [4.78, 5) is 20.3. The van der Waals surface area contributed by atoms with Gasteiger partial charge in [-0.3, -0.25) is 0 Å². The van der Waals surface area contributed by atoms with Crippen molar-refractivity contribution in [1.82, 2.24) is 19.9 Å². The predicted molar refractivity (Wildman–Crippen MR) is 257 cm³/mol. The number of pyridine rings is 1. The minimum Gasteiger partial charge on any atom is -0.457 e. The van der Waals surface area contributed by atoms with Gasteiger partial charge in [-0.05, 0) is 57.6 Å². The fourth-order valence-electron chi connectivity index (χ4n) is 10.2. The summed E-state index contributed by atoms with van der Waals surface area (Å²) in [6.45, 7) is 0. The number of hydrogen-bond acceptors (Lipinski definition) is 5. The van der Waals surface area contributed by atoms with Gasteiger partial charge in [-0.2, -0.15) is 0 Å². The van der Waals surface area contributed by atoms with Gasteiger partial charge in [0, 0.05) is 49.5 Å². The molecule has 0 saturated carbocycles. The Hall–Kier alpha value is -8.54. The van der Waals surface area contributed by atoms with Crippen molar-refractivity contribution in [3.63, 3.8) is 0 Å². The largest absolute Gasteiger partial charge is 0.457 e. The van der Waals surface area contributed by atoms with Gasteiger partial charge in [0.2, 0.25) is 0 Å². The highest BCUT2D eigenvalue weighted by Gasteiger charge is 2.51. The lowest BCUT2D eigenvalue weighted by molar-refractivity contribution is 0.436. The van der Waals surface area contributed by atoms with E-state index in [2.05, 4.69) is 158 Å². The Balaban J connectivity index is 1.04. The number of rotatable bonds is 5. The molecule has 5 nitrogen and oxygen atoms in total. The highest BCUT2D eigenvalue weighted by molar-refractivity contribution is 6.19. The van der Waals surface area contributed by atoms with Crippen LogP contribution in [0.2, 0.25) is 0 Å². The Morgan fingerprint density at radius 1 is 0.328 bits per heavy atom. The van der Waals surface area contributed by atoms with Crippen LogP contribution in [0.4, 0.5) is 0 Å². The fourth-order valence-corrected chi connectivity index (χ4v) is 10.2. The second-order valence-electron chi connectivity index (χ2n) is 16.5. The van der Waals surface area contributed by atoms with E-state index in [0.717, 1.165) is 78.0 Å². The Kier molecular flexibility index (Phi) is 8.06. The van der Waals surface area contributed by atoms with Gasteiger partial charge in [0.25, 0.3) is 0 Å². The maximum Gasteiger partial charge on any atom is 0.164 e. The van der Waals surface area contributed by atoms with Crippen LogP contribution in [0.3, 0.4) is 0 Å². The molecule has 0 atom stereocenters. The molecule has 0 unspecified atom stereocenters. The van der Waals surface area contributed by atoms with Crippen LogP contribution in [0, 0.1) is 0 Å². The summed E-state index contributed by atoms with van der Waals surface area (Å²) in [6.07, 6.45) is 0. The molecule has 2 aliphatic rings. The summed E-state index contributed by atoms with van der Waals surface area (Å²) in [5.41, 5.74) is 14.6. The Morgan fingerprint density at radius 3 is 1.44 bits per heavy atom. The van der Waals surface area contributed by atoms with Crippen LogP contribution in [-0.2, 0) is 5.41 Å². The molecule has 13 rings (SSSR count). The zero-order chi connectivity index (χ0) is 42.2. The molecule has 3 heterocycles. The van der Waals surface area contributed by atoms with Crippen LogP contribution < -0.4 is 4.74 Å². The van der Waals surface area contributed by atoms with E-state index >= 15 is 0 Å². The molecule has 1 spiro atoms. The van der Waals surface area contributed by atoms with Crippen LogP contribution in [0.5, 0.6) is 11.5 Å². The molecule has 0 saturated heterocycles. The fraction of sp³-hybridized carbons (Fsp3) is 0.0169. The van der Waals surface area contributed by atoms with Crippen LogP contribution >= 0.6 is 0 Å². The zero-order valence-electron chi connectivity index (χ0n) is 34.5. The van der Waals surface area contributed by atoms with Gasteiger partial charge in [-0.1, -0.05) is 194 Å². The topological polar surface area (TPSA) is 60.8 Å². The van der Waals surface area contributed by atoms with Crippen molar-refractivity contribution in [2.45, 2.75) is 5.41 Å². The van der Waals surface area contributed by atoms with Gasteiger partial charge >= 0.3 is 0 Å². The van der Waals surface area contributed by atoms with Crippen molar-refractivity contribution in [2.24, 2.45) is 0 Å². The first-order valence-corrected chi connectivity index (χ1v) is 21.6. The number of hydrogen-bond donors (Lipinski definition) is 0. The van der Waals surface area contributed by atoms with Crippen molar-refractivity contribution in [3.8, 4) is 79.2 Å². The Bertz CT molecular complexity index is 3520. The maximum absolute atomic E-state index is 6.71. The summed E-state index contributed by atoms with van der Waals surface area (Å²) in [5, 5.41) is 3.45. The molecular formula is C59H36N4O. The minimum atomic E-state index is -0.629. The lowest BCUT2D eigenvalue weighted by atomic mass is 9.66. The summed E-state index contributed by atoms with van der Waals surface area (Å²) in [6, 6.07) is 76.8. The first-order chi connectivity index (χ1) is 31.7. The predicted octanol–water partition coefficient (Wildman–Crippen LogP) is 14.4. The van der Waals surface area contributed by atoms with Crippen LogP contribution in [-0.4, -0.2) is 19.9 Å². The highest BCUT2D eigenvalue weighted by Crippen LogP contribution is 2.64. The SMILES string of the molecule is c1ccc(-c2nc(-c3ccccc3)nc(-c3ccc(-c4ccc5c(c4)-c4c(ccc6c(-c7ccccc7)nc7ccccc7c46)C54c5ccccc5Oc5ccccc54)cc3)n2)cc1. The van der Waals surface area contributed by atoms with E-state index < -0.39 is 5.41 Å². The van der Waals surface area contributed by atoms with E-state index in [1.165, 1.54) is 27.6 Å². The number of fused-ring (bicyclic) bond motifs is 13. The van der Waals surface area contributed by atoms with Gasteiger partial charge in [-0.15, -0.1) is 0 Å². The smallest absolute Gasteiger partial charge is 0.164 e. The average molecular weight is 817 g/mol. The zero-order valence-corrected chi connectivity index (χ0v) is 34.5. The molecule has 0 amide bonds. The Morgan fingerprint density at radius 2 is 0.812 bits per heavy atom. The molecule has 2 aromatic heterocycles. The van der Waals surface area contributed by atoms with Crippen molar-refractivity contribution < 1.29 is 4.74 Å². The average Bonchev–Trinajstić information content (AvgIpc) is 3.66. The first-order valence-electron chi connectivity index (χ1n) is 21.6. The third kappa shape index (κ3) is 5.44. The minimum absolute atomic E-state index is 0.627. The highest BCUT2D eigenvalue weighted by atomic mass is 16.5. The molecule has 0 radical (unpaired) electrons. The summed E-state index contributed by atoms with van der Waals surface area (Å²) in [7, 11) is 0. The molecule has 0 N–H and O–H groups in total. The van der Waals surface area contributed by atoms with E-state index in [1.807, 2.05) is 60.7 Å². The number of ether oxygens (including phenoxy) is 1. The van der Waals surface area contributed by atoms with Crippen molar-refractivity contribution in [1.29, 1.82) is 0 Å². The van der Waals surface area contributed by atoms with Crippen molar-refractivity contribution >= 4 is 21.7 Å². The molecule has 1 aliphatic carbocycles. The summed E-state index contributed by atoms with van der Waals surface area (Å²) in [5.74, 6) is 3.65. The third-order valence-electron chi connectivity index (χ3n) is 13.0. The molecule has 298 valence electrons. The maximum atomic E-state index is 6.71.